The maximum atomic E-state index is 9.19. The Morgan fingerprint density at radius 1 is 1.07 bits per heavy atom. The van der Waals surface area contributed by atoms with Gasteiger partial charge in [-0.15, -0.1) is 0 Å². The fraction of sp³-hybridized carbons (Fsp3) is 0.538. The van der Waals surface area contributed by atoms with Gasteiger partial charge >= 0.3 is 0 Å². The van der Waals surface area contributed by atoms with E-state index in [4.69, 9.17) is 0 Å². The first-order chi connectivity index (χ1) is 6.59. The van der Waals surface area contributed by atoms with Gasteiger partial charge in [-0.1, -0.05) is 36.8 Å². The Labute approximate surface area is 86.8 Å². The van der Waals surface area contributed by atoms with Crippen LogP contribution in [0.25, 0.3) is 0 Å². The van der Waals surface area contributed by atoms with Gasteiger partial charge in [0.05, 0.1) is 6.10 Å². The Morgan fingerprint density at radius 2 is 1.64 bits per heavy atom. The van der Waals surface area contributed by atoms with E-state index in [0.29, 0.717) is 5.92 Å². The minimum atomic E-state index is -0.178. The molecular formula is C13H20O. The summed E-state index contributed by atoms with van der Waals surface area (Å²) in [6.45, 7) is 6.17. The average Bonchev–Trinajstić information content (AvgIpc) is 2.15. The van der Waals surface area contributed by atoms with E-state index in [1.807, 2.05) is 6.92 Å². The van der Waals surface area contributed by atoms with E-state index in [1.54, 1.807) is 0 Å². The molecular weight excluding hydrogens is 172 g/mol. The van der Waals surface area contributed by atoms with E-state index in [2.05, 4.69) is 38.1 Å². The van der Waals surface area contributed by atoms with Crippen molar-refractivity contribution in [3.63, 3.8) is 0 Å². The number of benzene rings is 1. The van der Waals surface area contributed by atoms with Gasteiger partial charge in [0.25, 0.3) is 0 Å². The molecule has 1 N–H and O–H groups in total. The number of aryl methyl sites for hydroxylation is 1. The molecule has 78 valence electrons. The molecule has 0 saturated heterocycles. The number of hydrogen-bond donors (Lipinski definition) is 1. The average molecular weight is 192 g/mol. The van der Waals surface area contributed by atoms with Crippen molar-refractivity contribution in [3.8, 4) is 0 Å². The normalized spacial score (nSPS) is 15.1. The highest BCUT2D eigenvalue weighted by atomic mass is 16.3. The lowest BCUT2D eigenvalue weighted by Gasteiger charge is -2.13. The Hall–Kier alpha value is -0.820. The summed E-state index contributed by atoms with van der Waals surface area (Å²) in [6.07, 6.45) is 1.76. The molecule has 2 unspecified atom stereocenters. The Morgan fingerprint density at radius 3 is 2.14 bits per heavy atom. The molecule has 0 aliphatic carbocycles. The van der Waals surface area contributed by atoms with Gasteiger partial charge in [-0.3, -0.25) is 0 Å². The van der Waals surface area contributed by atoms with Crippen LogP contribution in [-0.2, 0) is 0 Å². The van der Waals surface area contributed by atoms with Crippen LogP contribution in [0.3, 0.4) is 0 Å². The topological polar surface area (TPSA) is 20.2 Å². The van der Waals surface area contributed by atoms with Crippen LogP contribution < -0.4 is 0 Å². The van der Waals surface area contributed by atoms with Gasteiger partial charge < -0.3 is 5.11 Å². The predicted molar refractivity (Wildman–Crippen MR) is 60.5 cm³/mol. The first-order valence-corrected chi connectivity index (χ1v) is 5.34. The van der Waals surface area contributed by atoms with Crippen molar-refractivity contribution < 1.29 is 5.11 Å². The van der Waals surface area contributed by atoms with Gasteiger partial charge in [-0.25, -0.2) is 0 Å². The molecule has 0 bridgehead atoms. The Bertz CT molecular complexity index is 261. The zero-order chi connectivity index (χ0) is 10.6. The third-order valence-electron chi connectivity index (χ3n) is 2.66. The van der Waals surface area contributed by atoms with Crippen molar-refractivity contribution in [1.82, 2.24) is 0 Å². The fourth-order valence-corrected chi connectivity index (χ4v) is 1.55. The summed E-state index contributed by atoms with van der Waals surface area (Å²) in [5, 5.41) is 9.19. The largest absolute Gasteiger partial charge is 0.393 e. The van der Waals surface area contributed by atoms with Crippen LogP contribution in [0.5, 0.6) is 0 Å². The third kappa shape index (κ3) is 3.51. The monoisotopic (exact) mass is 192 g/mol. The summed E-state index contributed by atoms with van der Waals surface area (Å²) in [7, 11) is 0. The lowest BCUT2D eigenvalue weighted by atomic mass is 9.94. The molecule has 1 aromatic rings. The molecule has 0 aliphatic heterocycles. The highest BCUT2D eigenvalue weighted by Gasteiger charge is 2.06. The Kier molecular flexibility index (Phi) is 4.15. The molecule has 0 radical (unpaired) electrons. The highest BCUT2D eigenvalue weighted by molar-refractivity contribution is 5.23. The summed E-state index contributed by atoms with van der Waals surface area (Å²) in [4.78, 5) is 0. The second-order valence-electron chi connectivity index (χ2n) is 4.24. The molecule has 0 spiro atoms. The smallest absolute Gasteiger partial charge is 0.0512 e. The van der Waals surface area contributed by atoms with Crippen molar-refractivity contribution >= 4 is 0 Å². The van der Waals surface area contributed by atoms with Crippen molar-refractivity contribution in [2.75, 3.05) is 0 Å². The maximum absolute atomic E-state index is 9.19. The number of aliphatic hydroxyl groups excluding tert-OH is 1. The van der Waals surface area contributed by atoms with E-state index in [-0.39, 0.29) is 6.10 Å². The number of aliphatic hydroxyl groups is 1. The van der Waals surface area contributed by atoms with Crippen LogP contribution in [-0.4, -0.2) is 11.2 Å². The molecule has 0 aliphatic rings. The standard InChI is InChI=1S/C13H20O/c1-10-4-8-13(9-5-10)11(2)6-7-12(3)14/h4-5,8-9,11-12,14H,6-7H2,1-3H3. The predicted octanol–water partition coefficient (Wildman–Crippen LogP) is 3.26. The van der Waals surface area contributed by atoms with Crippen LogP contribution in [0, 0.1) is 6.92 Å². The lowest BCUT2D eigenvalue weighted by molar-refractivity contribution is 0.179. The van der Waals surface area contributed by atoms with Crippen LogP contribution in [0.2, 0.25) is 0 Å². The summed E-state index contributed by atoms with van der Waals surface area (Å²) in [5.74, 6) is 0.546. The zero-order valence-electron chi connectivity index (χ0n) is 9.33. The molecule has 0 aromatic heterocycles. The van der Waals surface area contributed by atoms with Crippen molar-refractivity contribution in [3.05, 3.63) is 35.4 Å². The van der Waals surface area contributed by atoms with Crippen LogP contribution >= 0.6 is 0 Å². The molecule has 2 atom stereocenters. The maximum Gasteiger partial charge on any atom is 0.0512 e. The summed E-state index contributed by atoms with van der Waals surface area (Å²) < 4.78 is 0. The van der Waals surface area contributed by atoms with E-state index >= 15 is 0 Å². The molecule has 0 amide bonds. The van der Waals surface area contributed by atoms with Gasteiger partial charge in [0.15, 0.2) is 0 Å². The lowest BCUT2D eigenvalue weighted by Crippen LogP contribution is -2.02. The Balaban J connectivity index is 2.52. The summed E-state index contributed by atoms with van der Waals surface area (Å²) >= 11 is 0. The third-order valence-corrected chi connectivity index (χ3v) is 2.66. The first kappa shape index (κ1) is 11.3. The van der Waals surface area contributed by atoms with E-state index < -0.39 is 0 Å². The van der Waals surface area contributed by atoms with Gasteiger partial charge in [-0.05, 0) is 38.2 Å². The van der Waals surface area contributed by atoms with Gasteiger partial charge in [0, 0.05) is 0 Å². The molecule has 1 heteroatoms. The van der Waals surface area contributed by atoms with Gasteiger partial charge in [0.1, 0.15) is 0 Å². The minimum Gasteiger partial charge on any atom is -0.393 e. The van der Waals surface area contributed by atoms with Crippen molar-refractivity contribution in [2.45, 2.75) is 45.6 Å². The molecule has 14 heavy (non-hydrogen) atoms. The second-order valence-corrected chi connectivity index (χ2v) is 4.24. The highest BCUT2D eigenvalue weighted by Crippen LogP contribution is 2.21. The fourth-order valence-electron chi connectivity index (χ4n) is 1.55. The first-order valence-electron chi connectivity index (χ1n) is 5.34. The van der Waals surface area contributed by atoms with E-state index in [1.165, 1.54) is 11.1 Å². The molecule has 1 nitrogen and oxygen atoms in total. The molecule has 1 aromatic carbocycles. The van der Waals surface area contributed by atoms with E-state index in [9.17, 15) is 5.11 Å². The minimum absolute atomic E-state index is 0.178. The van der Waals surface area contributed by atoms with Gasteiger partial charge in [-0.2, -0.15) is 0 Å². The zero-order valence-corrected chi connectivity index (χ0v) is 9.33. The van der Waals surface area contributed by atoms with Crippen molar-refractivity contribution in [1.29, 1.82) is 0 Å². The van der Waals surface area contributed by atoms with E-state index in [0.717, 1.165) is 12.8 Å². The van der Waals surface area contributed by atoms with Gasteiger partial charge in [0.2, 0.25) is 0 Å². The molecule has 1 rings (SSSR count). The van der Waals surface area contributed by atoms with Crippen LogP contribution in [0.1, 0.15) is 43.7 Å². The number of hydrogen-bond acceptors (Lipinski definition) is 1. The molecule has 0 saturated carbocycles. The second kappa shape index (κ2) is 5.16. The van der Waals surface area contributed by atoms with Crippen LogP contribution in [0.15, 0.2) is 24.3 Å². The SMILES string of the molecule is Cc1ccc(C(C)CCC(C)O)cc1. The summed E-state index contributed by atoms with van der Waals surface area (Å²) in [5.41, 5.74) is 2.67. The quantitative estimate of drug-likeness (QED) is 0.776. The summed E-state index contributed by atoms with van der Waals surface area (Å²) in [6, 6.07) is 8.66. The number of rotatable bonds is 4. The molecule has 0 fully saturated rings. The molecule has 0 heterocycles. The van der Waals surface area contributed by atoms with Crippen LogP contribution in [0.4, 0.5) is 0 Å². The van der Waals surface area contributed by atoms with Crippen molar-refractivity contribution in [2.24, 2.45) is 0 Å².